The molecular formula is C35H70N2. The summed E-state index contributed by atoms with van der Waals surface area (Å²) in [5.41, 5.74) is 0. The van der Waals surface area contributed by atoms with Crippen molar-refractivity contribution < 1.29 is 0 Å². The van der Waals surface area contributed by atoms with E-state index in [1.54, 1.807) is 0 Å². The molecule has 0 aromatic carbocycles. The van der Waals surface area contributed by atoms with Crippen LogP contribution in [0.5, 0.6) is 0 Å². The maximum absolute atomic E-state index is 2.65. The summed E-state index contributed by atoms with van der Waals surface area (Å²) in [7, 11) is 0. The van der Waals surface area contributed by atoms with E-state index in [1.165, 1.54) is 180 Å². The fourth-order valence-electron chi connectivity index (χ4n) is 6.09. The molecule has 1 unspecified atom stereocenters. The third-order valence-electron chi connectivity index (χ3n) is 8.67. The summed E-state index contributed by atoms with van der Waals surface area (Å²) >= 11 is 0. The van der Waals surface area contributed by atoms with Gasteiger partial charge >= 0.3 is 0 Å². The van der Waals surface area contributed by atoms with Crippen LogP contribution in [0.4, 0.5) is 0 Å². The van der Waals surface area contributed by atoms with Crippen molar-refractivity contribution >= 4 is 0 Å². The van der Waals surface area contributed by atoms with E-state index in [4.69, 9.17) is 0 Å². The van der Waals surface area contributed by atoms with Crippen molar-refractivity contribution in [2.24, 2.45) is 0 Å². The van der Waals surface area contributed by atoms with E-state index in [2.05, 4.69) is 43.0 Å². The molecule has 0 amide bonds. The Morgan fingerprint density at radius 1 is 0.378 bits per heavy atom. The summed E-state index contributed by atoms with van der Waals surface area (Å²) in [6, 6.07) is 0. The molecule has 1 rings (SSSR count). The van der Waals surface area contributed by atoms with Crippen LogP contribution in [0.1, 0.15) is 194 Å². The monoisotopic (exact) mass is 519 g/mol. The summed E-state index contributed by atoms with van der Waals surface area (Å²) in [5.74, 6) is 0. The smallest absolute Gasteiger partial charge is 0.101 e. The van der Waals surface area contributed by atoms with Gasteiger partial charge in [0.1, 0.15) is 6.17 Å². The predicted molar refractivity (Wildman–Crippen MR) is 168 cm³/mol. The number of rotatable bonds is 29. The summed E-state index contributed by atoms with van der Waals surface area (Å²) < 4.78 is 0. The van der Waals surface area contributed by atoms with Gasteiger partial charge < -0.3 is 9.80 Å². The maximum atomic E-state index is 2.65. The largest absolute Gasteiger partial charge is 0.356 e. The quantitative estimate of drug-likeness (QED) is 0.0908. The minimum absolute atomic E-state index is 0.634. The molecule has 2 heteroatoms. The van der Waals surface area contributed by atoms with Gasteiger partial charge in [-0.05, 0) is 26.2 Å². The summed E-state index contributed by atoms with van der Waals surface area (Å²) in [4.78, 5) is 5.23. The molecule has 0 aromatic rings. The van der Waals surface area contributed by atoms with Crippen LogP contribution >= 0.6 is 0 Å². The Morgan fingerprint density at radius 3 is 1.08 bits per heavy atom. The van der Waals surface area contributed by atoms with Crippen LogP contribution in [0.25, 0.3) is 0 Å². The van der Waals surface area contributed by atoms with Crippen LogP contribution < -0.4 is 0 Å². The lowest BCUT2D eigenvalue weighted by Gasteiger charge is -2.32. The zero-order chi connectivity index (χ0) is 26.7. The second kappa shape index (κ2) is 26.9. The van der Waals surface area contributed by atoms with E-state index in [9.17, 15) is 0 Å². The molecular weight excluding hydrogens is 448 g/mol. The van der Waals surface area contributed by atoms with Gasteiger partial charge in [-0.3, -0.25) is 0 Å². The van der Waals surface area contributed by atoms with E-state index < -0.39 is 0 Å². The molecule has 0 spiro atoms. The van der Waals surface area contributed by atoms with Gasteiger partial charge in [0, 0.05) is 25.5 Å². The first-order valence-electron chi connectivity index (χ1n) is 17.5. The van der Waals surface area contributed by atoms with Crippen LogP contribution in [0, 0.1) is 0 Å². The van der Waals surface area contributed by atoms with Crippen LogP contribution in [-0.4, -0.2) is 29.1 Å². The summed E-state index contributed by atoms with van der Waals surface area (Å²) in [6.45, 7) is 9.33. The molecule has 1 heterocycles. The topological polar surface area (TPSA) is 6.48 Å². The van der Waals surface area contributed by atoms with Gasteiger partial charge in [0.05, 0.1) is 0 Å². The Morgan fingerprint density at radius 2 is 0.703 bits per heavy atom. The van der Waals surface area contributed by atoms with Crippen molar-refractivity contribution in [2.45, 2.75) is 200 Å². The SMILES string of the molecule is CCCCCCCCCCCCCCCCCN1C=CN(CC)C1CCCCCCCCCCCCC. The molecule has 0 saturated carbocycles. The van der Waals surface area contributed by atoms with Gasteiger partial charge in [0.25, 0.3) is 0 Å². The summed E-state index contributed by atoms with van der Waals surface area (Å²) in [5, 5.41) is 0. The van der Waals surface area contributed by atoms with Crippen LogP contribution in [-0.2, 0) is 0 Å². The van der Waals surface area contributed by atoms with E-state index in [0.717, 1.165) is 6.54 Å². The average molecular weight is 519 g/mol. The Kier molecular flexibility index (Phi) is 25.0. The van der Waals surface area contributed by atoms with Crippen LogP contribution in [0.15, 0.2) is 12.4 Å². The predicted octanol–water partition coefficient (Wildman–Crippen LogP) is 12.0. The van der Waals surface area contributed by atoms with Crippen molar-refractivity contribution in [1.29, 1.82) is 0 Å². The minimum Gasteiger partial charge on any atom is -0.356 e. The highest BCUT2D eigenvalue weighted by atomic mass is 15.4. The Hall–Kier alpha value is -0.660. The molecule has 1 aliphatic rings. The minimum atomic E-state index is 0.634. The van der Waals surface area contributed by atoms with Crippen LogP contribution in [0.3, 0.4) is 0 Å². The molecule has 0 saturated heterocycles. The highest BCUT2D eigenvalue weighted by molar-refractivity contribution is 4.96. The molecule has 1 aliphatic heterocycles. The first-order valence-corrected chi connectivity index (χ1v) is 17.5. The lowest BCUT2D eigenvalue weighted by molar-refractivity contribution is 0.142. The first-order chi connectivity index (χ1) is 18.3. The van der Waals surface area contributed by atoms with Crippen molar-refractivity contribution in [3.8, 4) is 0 Å². The molecule has 0 aromatic heterocycles. The van der Waals surface area contributed by atoms with Crippen molar-refractivity contribution in [3.63, 3.8) is 0 Å². The third kappa shape index (κ3) is 20.0. The van der Waals surface area contributed by atoms with Crippen molar-refractivity contribution in [3.05, 3.63) is 12.4 Å². The Balaban J connectivity index is 1.94. The van der Waals surface area contributed by atoms with Gasteiger partial charge in [0.2, 0.25) is 0 Å². The molecule has 220 valence electrons. The Bertz CT molecular complexity index is 474. The lowest BCUT2D eigenvalue weighted by Crippen LogP contribution is -2.38. The fraction of sp³-hybridized carbons (Fsp3) is 0.943. The zero-order valence-corrected chi connectivity index (χ0v) is 26.1. The molecule has 0 radical (unpaired) electrons. The second-order valence-corrected chi connectivity index (χ2v) is 12.1. The standard InChI is InChI=1S/C35H70N2/c1-4-7-9-11-13-15-17-18-19-20-22-24-26-28-30-32-37-34-33-36(6-3)35(37)31-29-27-25-23-21-16-14-12-10-8-5-2/h33-35H,4-32H2,1-3H3. The number of hydrogen-bond acceptors (Lipinski definition) is 2. The van der Waals surface area contributed by atoms with Gasteiger partial charge in [0.15, 0.2) is 0 Å². The van der Waals surface area contributed by atoms with E-state index >= 15 is 0 Å². The van der Waals surface area contributed by atoms with Crippen molar-refractivity contribution in [2.75, 3.05) is 13.1 Å². The van der Waals surface area contributed by atoms with Gasteiger partial charge in [-0.15, -0.1) is 0 Å². The summed E-state index contributed by atoms with van der Waals surface area (Å²) in [6.07, 6.45) is 44.3. The van der Waals surface area contributed by atoms with Gasteiger partial charge in [-0.25, -0.2) is 0 Å². The second-order valence-electron chi connectivity index (χ2n) is 12.1. The number of nitrogens with zero attached hydrogens (tertiary/aromatic N) is 2. The Labute approximate surface area is 235 Å². The molecule has 0 aliphatic carbocycles. The third-order valence-corrected chi connectivity index (χ3v) is 8.67. The normalized spacial score (nSPS) is 15.4. The molecule has 0 bridgehead atoms. The lowest BCUT2D eigenvalue weighted by atomic mass is 10.0. The highest BCUT2D eigenvalue weighted by Gasteiger charge is 2.23. The van der Waals surface area contributed by atoms with E-state index in [0.29, 0.717) is 6.17 Å². The van der Waals surface area contributed by atoms with Crippen molar-refractivity contribution in [1.82, 2.24) is 9.80 Å². The average Bonchev–Trinajstić information content (AvgIpc) is 3.31. The molecule has 0 N–H and O–H groups in total. The van der Waals surface area contributed by atoms with Crippen LogP contribution in [0.2, 0.25) is 0 Å². The molecule has 1 atom stereocenters. The molecule has 0 fully saturated rings. The number of hydrogen-bond donors (Lipinski definition) is 0. The van der Waals surface area contributed by atoms with E-state index in [1.807, 2.05) is 0 Å². The maximum Gasteiger partial charge on any atom is 0.101 e. The van der Waals surface area contributed by atoms with E-state index in [-0.39, 0.29) is 0 Å². The highest BCUT2D eigenvalue weighted by Crippen LogP contribution is 2.23. The number of unbranched alkanes of at least 4 members (excludes halogenated alkanes) is 24. The van der Waals surface area contributed by atoms with Gasteiger partial charge in [-0.2, -0.15) is 0 Å². The first kappa shape index (κ1) is 34.4. The van der Waals surface area contributed by atoms with Gasteiger partial charge in [-0.1, -0.05) is 168 Å². The fourth-order valence-corrected chi connectivity index (χ4v) is 6.09. The molecule has 37 heavy (non-hydrogen) atoms. The zero-order valence-electron chi connectivity index (χ0n) is 26.1. The molecule has 2 nitrogen and oxygen atoms in total.